The number of nitrogens with one attached hydrogen (secondary N) is 1. The van der Waals surface area contributed by atoms with Crippen LogP contribution >= 0.6 is 0 Å². The van der Waals surface area contributed by atoms with Gasteiger partial charge in [-0.2, -0.15) is 0 Å². The molecule has 0 saturated heterocycles. The maximum atomic E-state index is 12.3. The minimum absolute atomic E-state index is 0.0578. The molecular formula is C27H34N4O3. The van der Waals surface area contributed by atoms with Crippen molar-refractivity contribution in [2.45, 2.75) is 65.3 Å². The summed E-state index contributed by atoms with van der Waals surface area (Å²) in [4.78, 5) is 24.3. The Morgan fingerprint density at radius 1 is 1.00 bits per heavy atom. The lowest BCUT2D eigenvalue weighted by Gasteiger charge is -2.06. The fraction of sp³-hybridized carbons (Fsp3) is 0.407. The van der Waals surface area contributed by atoms with E-state index >= 15 is 0 Å². The minimum atomic E-state index is -0.313. The smallest absolute Gasteiger partial charge is 0.264 e. The highest BCUT2D eigenvalue weighted by atomic mass is 16.3. The van der Waals surface area contributed by atoms with E-state index in [1.165, 1.54) is 0 Å². The van der Waals surface area contributed by atoms with Crippen LogP contribution < -0.4 is 5.32 Å². The van der Waals surface area contributed by atoms with Crippen molar-refractivity contribution in [1.29, 1.82) is 0 Å². The summed E-state index contributed by atoms with van der Waals surface area (Å²) in [5.74, 6) is -0.343. The molecule has 0 unspecified atom stereocenters. The van der Waals surface area contributed by atoms with E-state index in [1.54, 1.807) is 12.1 Å². The number of aryl methyl sites for hydroxylation is 2. The third-order valence-corrected chi connectivity index (χ3v) is 5.80. The van der Waals surface area contributed by atoms with Crippen LogP contribution in [-0.4, -0.2) is 28.0 Å². The number of aromatic hydroxyl groups is 1. The maximum absolute atomic E-state index is 12.3. The average Bonchev–Trinajstić information content (AvgIpc) is 3.10. The lowest BCUT2D eigenvalue weighted by Crippen LogP contribution is -2.24. The molecule has 180 valence electrons. The number of azo groups is 1. The van der Waals surface area contributed by atoms with Crippen molar-refractivity contribution in [3.63, 3.8) is 0 Å². The van der Waals surface area contributed by atoms with Crippen LogP contribution in [0.5, 0.6) is 5.88 Å². The van der Waals surface area contributed by atoms with Crippen LogP contribution in [0.25, 0.3) is 10.9 Å². The van der Waals surface area contributed by atoms with Crippen molar-refractivity contribution in [2.24, 2.45) is 10.2 Å². The predicted molar refractivity (Wildman–Crippen MR) is 135 cm³/mol. The van der Waals surface area contributed by atoms with Crippen molar-refractivity contribution in [1.82, 2.24) is 9.88 Å². The minimum Gasteiger partial charge on any atom is -0.493 e. The first-order valence-corrected chi connectivity index (χ1v) is 12.1. The number of aromatic nitrogens is 1. The lowest BCUT2D eigenvalue weighted by atomic mass is 10.1. The first kappa shape index (κ1) is 25.1. The summed E-state index contributed by atoms with van der Waals surface area (Å²) in [6, 6.07) is 15.1. The first-order valence-electron chi connectivity index (χ1n) is 12.1. The number of hydrogen-bond acceptors (Lipinski definition) is 4. The second-order valence-electron chi connectivity index (χ2n) is 8.58. The molecule has 0 spiro atoms. The molecule has 2 N–H and O–H groups in total. The normalized spacial score (nSPS) is 11.4. The lowest BCUT2D eigenvalue weighted by molar-refractivity contribution is -0.118. The average molecular weight is 463 g/mol. The highest BCUT2D eigenvalue weighted by Crippen LogP contribution is 2.39. The van der Waals surface area contributed by atoms with Gasteiger partial charge in [0.1, 0.15) is 0 Å². The van der Waals surface area contributed by atoms with Crippen LogP contribution in [0.15, 0.2) is 58.8 Å². The number of hydrogen-bond donors (Lipinski definition) is 2. The molecule has 0 aliphatic heterocycles. The van der Waals surface area contributed by atoms with E-state index in [9.17, 15) is 14.7 Å². The van der Waals surface area contributed by atoms with Gasteiger partial charge in [-0.25, -0.2) is 0 Å². The van der Waals surface area contributed by atoms with E-state index < -0.39 is 0 Å². The number of rotatable bonds is 12. The van der Waals surface area contributed by atoms with Crippen LogP contribution in [0.2, 0.25) is 0 Å². The zero-order chi connectivity index (χ0) is 24.3. The molecule has 3 aromatic rings. The Morgan fingerprint density at radius 2 is 1.79 bits per heavy atom. The van der Waals surface area contributed by atoms with E-state index in [1.807, 2.05) is 47.9 Å². The largest absolute Gasteiger partial charge is 0.493 e. The topological polar surface area (TPSA) is 96.0 Å². The zero-order valence-corrected chi connectivity index (χ0v) is 20.1. The summed E-state index contributed by atoms with van der Waals surface area (Å²) in [7, 11) is 0. The van der Waals surface area contributed by atoms with Gasteiger partial charge in [0.05, 0.1) is 5.52 Å². The molecule has 1 aromatic heterocycles. The number of fused-ring (bicyclic) bond motifs is 1. The van der Waals surface area contributed by atoms with Gasteiger partial charge in [0, 0.05) is 30.5 Å². The standard InChI is InChI=1S/C27H34N4O3/c1-3-4-11-18-31-23-16-15-20(2)19-22(23)25(27(31)34)30-29-24(32)14-9-6-10-17-28-26(33)21-12-7-5-8-13-21/h5,7-8,12-13,15-16,19,34H,3-4,6,9-11,14,17-18H2,1-2H3,(H,28,33). The number of carbonyl (C=O) groups is 2. The molecule has 0 fully saturated rings. The van der Waals surface area contributed by atoms with Crippen LogP contribution in [0, 0.1) is 6.92 Å². The van der Waals surface area contributed by atoms with Crippen molar-refractivity contribution >= 4 is 28.4 Å². The monoisotopic (exact) mass is 462 g/mol. The van der Waals surface area contributed by atoms with Gasteiger partial charge < -0.3 is 15.0 Å². The molecule has 0 aliphatic carbocycles. The molecule has 2 amide bonds. The summed E-state index contributed by atoms with van der Waals surface area (Å²) >= 11 is 0. The van der Waals surface area contributed by atoms with E-state index in [0.717, 1.165) is 48.6 Å². The maximum Gasteiger partial charge on any atom is 0.264 e. The van der Waals surface area contributed by atoms with Crippen LogP contribution in [0.4, 0.5) is 5.69 Å². The molecule has 0 radical (unpaired) electrons. The van der Waals surface area contributed by atoms with Gasteiger partial charge in [0.15, 0.2) is 5.69 Å². The number of unbranched alkanes of at least 4 members (excludes halogenated alkanes) is 4. The van der Waals surface area contributed by atoms with Crippen molar-refractivity contribution in [3.8, 4) is 5.88 Å². The van der Waals surface area contributed by atoms with Gasteiger partial charge in [0.25, 0.3) is 11.8 Å². The number of carbonyl (C=O) groups excluding carboxylic acids is 2. The summed E-state index contributed by atoms with van der Waals surface area (Å²) in [6.07, 6.45) is 5.68. The fourth-order valence-electron chi connectivity index (χ4n) is 3.91. The van der Waals surface area contributed by atoms with Crippen molar-refractivity contribution in [3.05, 3.63) is 59.7 Å². The van der Waals surface area contributed by atoms with E-state index in [0.29, 0.717) is 30.8 Å². The van der Waals surface area contributed by atoms with Crippen LogP contribution in [0.1, 0.15) is 67.8 Å². The highest BCUT2D eigenvalue weighted by molar-refractivity contribution is 5.96. The molecule has 1 heterocycles. The van der Waals surface area contributed by atoms with E-state index in [4.69, 9.17) is 0 Å². The van der Waals surface area contributed by atoms with Crippen molar-refractivity contribution < 1.29 is 14.7 Å². The second kappa shape index (κ2) is 12.7. The second-order valence-corrected chi connectivity index (χ2v) is 8.58. The third-order valence-electron chi connectivity index (χ3n) is 5.80. The number of benzene rings is 2. The van der Waals surface area contributed by atoms with Crippen LogP contribution in [0.3, 0.4) is 0 Å². The first-order chi connectivity index (χ1) is 16.5. The van der Waals surface area contributed by atoms with E-state index in [-0.39, 0.29) is 24.1 Å². The molecule has 3 rings (SSSR count). The third kappa shape index (κ3) is 6.76. The molecule has 0 atom stereocenters. The SMILES string of the molecule is CCCCCn1c(O)c(N=NC(=O)CCCCCNC(=O)c2ccccc2)c2cc(C)ccc21. The Bertz CT molecular complexity index is 1140. The summed E-state index contributed by atoms with van der Waals surface area (Å²) < 4.78 is 1.85. The van der Waals surface area contributed by atoms with Gasteiger partial charge in [-0.05, 0) is 50.5 Å². The molecule has 34 heavy (non-hydrogen) atoms. The highest BCUT2D eigenvalue weighted by Gasteiger charge is 2.17. The van der Waals surface area contributed by atoms with Crippen LogP contribution in [-0.2, 0) is 11.3 Å². The molecule has 0 saturated carbocycles. The number of nitrogens with zero attached hydrogens (tertiary/aromatic N) is 3. The van der Waals surface area contributed by atoms with Gasteiger partial charge in [-0.15, -0.1) is 10.2 Å². The Kier molecular flexibility index (Phi) is 9.38. The zero-order valence-electron chi connectivity index (χ0n) is 20.1. The molecule has 7 nitrogen and oxygen atoms in total. The van der Waals surface area contributed by atoms with Gasteiger partial charge in [-0.1, -0.05) is 56.0 Å². The van der Waals surface area contributed by atoms with Crippen molar-refractivity contribution in [2.75, 3.05) is 6.54 Å². The molecule has 7 heteroatoms. The number of amides is 2. The molecule has 2 aromatic carbocycles. The Labute approximate surface area is 200 Å². The van der Waals surface area contributed by atoms with Gasteiger partial charge >= 0.3 is 0 Å². The predicted octanol–water partition coefficient (Wildman–Crippen LogP) is 6.45. The van der Waals surface area contributed by atoms with Gasteiger partial charge in [-0.3, -0.25) is 9.59 Å². The molecule has 0 bridgehead atoms. The summed E-state index contributed by atoms with van der Waals surface area (Å²) in [5.41, 5.74) is 2.95. The molecular weight excluding hydrogens is 428 g/mol. The molecule has 0 aliphatic rings. The Balaban J connectivity index is 1.50. The van der Waals surface area contributed by atoms with Gasteiger partial charge in [0.2, 0.25) is 5.88 Å². The Hall–Kier alpha value is -3.48. The Morgan fingerprint density at radius 3 is 2.56 bits per heavy atom. The summed E-state index contributed by atoms with van der Waals surface area (Å²) in [6.45, 7) is 5.39. The quantitative estimate of drug-likeness (QED) is 0.239. The van der Waals surface area contributed by atoms with E-state index in [2.05, 4.69) is 22.5 Å². The summed E-state index contributed by atoms with van der Waals surface area (Å²) in [5, 5.41) is 22.5. The fourth-order valence-corrected chi connectivity index (χ4v) is 3.91.